The van der Waals surface area contributed by atoms with Crippen molar-refractivity contribution in [3.8, 4) is 0 Å². The highest BCUT2D eigenvalue weighted by atomic mass is 16.7. The summed E-state index contributed by atoms with van der Waals surface area (Å²) in [7, 11) is 5.24. The third-order valence-electron chi connectivity index (χ3n) is 13.4. The van der Waals surface area contributed by atoms with Crippen molar-refractivity contribution in [2.75, 3.05) is 27.8 Å². The standard InChI is InChI=1S/C45H76N2O13/c1-14-33-45(10,53)38(49)27(4)35(46-55-21-20-31-18-16-15-17-19-31)25(2)23-43(8,52)40(60-42-36(48)32(47(11)12)22-26(3)56-42)28(5)37(29(6)41(51)58-33)59-34-24-44(9,54-13)39(50)30(7)57-34/h15-19,25-30,32-34,36-40,42,48-50,52-53H,14,20-24H2,1-13H3/b46-35+/t25-,26-,27+,28+,29-,30+,32+,33-,34+,36-,37+,38-,39+,40-,42+,43-,44-,45-/m1/s1. The summed E-state index contributed by atoms with van der Waals surface area (Å²) in [6.45, 7) is 17.4. The first-order valence-corrected chi connectivity index (χ1v) is 21.7. The van der Waals surface area contributed by atoms with E-state index in [0.717, 1.165) is 5.56 Å². The van der Waals surface area contributed by atoms with Crippen LogP contribution in [-0.2, 0) is 44.5 Å². The zero-order chi connectivity index (χ0) is 44.9. The summed E-state index contributed by atoms with van der Waals surface area (Å²) in [6.07, 6.45) is -8.71. The number of methoxy groups -OCH3 is 1. The number of rotatable bonds is 11. The number of aliphatic hydroxyl groups is 5. The van der Waals surface area contributed by atoms with Gasteiger partial charge in [-0.15, -0.1) is 0 Å². The van der Waals surface area contributed by atoms with Gasteiger partial charge in [-0.1, -0.05) is 63.2 Å². The van der Waals surface area contributed by atoms with Gasteiger partial charge in [-0.05, 0) is 80.5 Å². The highest BCUT2D eigenvalue weighted by molar-refractivity contribution is 5.88. The quantitative estimate of drug-likeness (QED) is 0.122. The lowest BCUT2D eigenvalue weighted by atomic mass is 9.73. The molecule has 1 aromatic carbocycles. The predicted molar refractivity (Wildman–Crippen MR) is 225 cm³/mol. The molecule has 1 aromatic rings. The Labute approximate surface area is 357 Å². The van der Waals surface area contributed by atoms with Gasteiger partial charge in [-0.25, -0.2) is 0 Å². The average Bonchev–Trinajstić information content (AvgIpc) is 3.19. The van der Waals surface area contributed by atoms with Crippen LogP contribution in [0.25, 0.3) is 0 Å². The Balaban J connectivity index is 1.84. The van der Waals surface area contributed by atoms with Gasteiger partial charge < -0.3 is 63.7 Å². The van der Waals surface area contributed by atoms with Crippen LogP contribution in [0, 0.1) is 23.7 Å². The molecule has 3 heterocycles. The molecule has 15 heteroatoms. The average molecular weight is 853 g/mol. The SMILES string of the molecule is CC[C@H]1OC(=O)[C@H](C)[C@@H](O[C@H]2C[C@@](C)(OC)[C@@H](O)[C@H](C)O2)[C@H](C)[C@@H](O[C@@H]2O[C@H](C)C[C@H](N(C)C)[C@H]2O)[C@](C)(O)C[C@@H](C)/C(=N\OCCc2ccccc2)[C@H](C)[C@@H](O)[C@]1(C)O. The molecular weight excluding hydrogens is 776 g/mol. The summed E-state index contributed by atoms with van der Waals surface area (Å²) < 4.78 is 37.8. The number of carbonyl (C=O) groups excluding carboxylic acids is 1. The van der Waals surface area contributed by atoms with Crippen molar-refractivity contribution < 1.29 is 63.6 Å². The van der Waals surface area contributed by atoms with Crippen LogP contribution >= 0.6 is 0 Å². The van der Waals surface area contributed by atoms with Crippen molar-refractivity contribution in [3.05, 3.63) is 35.9 Å². The number of oxime groups is 1. The molecule has 0 unspecified atom stereocenters. The van der Waals surface area contributed by atoms with Gasteiger partial charge in [0.05, 0.1) is 53.4 Å². The molecular formula is C45H76N2O13. The van der Waals surface area contributed by atoms with Gasteiger partial charge in [-0.2, -0.15) is 0 Å². The maximum atomic E-state index is 14.4. The van der Waals surface area contributed by atoms with Crippen LogP contribution in [-0.4, -0.2) is 154 Å². The Hall–Kier alpha value is -2.28. The molecule has 4 rings (SSSR count). The maximum Gasteiger partial charge on any atom is 0.311 e. The molecule has 0 radical (unpaired) electrons. The minimum atomic E-state index is -1.94. The molecule has 5 N–H and O–H groups in total. The minimum Gasteiger partial charge on any atom is -0.459 e. The normalized spacial score (nSPS) is 44.6. The topological polar surface area (TPSA) is 198 Å². The number of hydrogen-bond acceptors (Lipinski definition) is 15. The van der Waals surface area contributed by atoms with E-state index in [4.69, 9.17) is 33.3 Å². The molecule has 0 bridgehead atoms. The van der Waals surface area contributed by atoms with E-state index in [1.807, 2.05) is 63.2 Å². The van der Waals surface area contributed by atoms with Gasteiger partial charge in [0.25, 0.3) is 0 Å². The second-order valence-electron chi connectivity index (χ2n) is 18.7. The Morgan fingerprint density at radius 3 is 2.15 bits per heavy atom. The lowest BCUT2D eigenvalue weighted by Crippen LogP contribution is -2.61. The number of carbonyl (C=O) groups is 1. The molecule has 0 aliphatic carbocycles. The minimum absolute atomic E-state index is 0.00518. The van der Waals surface area contributed by atoms with E-state index >= 15 is 0 Å². The van der Waals surface area contributed by atoms with Crippen molar-refractivity contribution in [2.24, 2.45) is 28.8 Å². The molecule has 3 aliphatic rings. The summed E-state index contributed by atoms with van der Waals surface area (Å²) in [5, 5.41) is 64.1. The van der Waals surface area contributed by atoms with Crippen molar-refractivity contribution in [3.63, 3.8) is 0 Å². The number of cyclic esters (lactones) is 1. The Morgan fingerprint density at radius 1 is 0.900 bits per heavy atom. The van der Waals surface area contributed by atoms with Crippen molar-refractivity contribution in [1.82, 2.24) is 4.90 Å². The number of aliphatic hydroxyl groups excluding tert-OH is 3. The summed E-state index contributed by atoms with van der Waals surface area (Å²) in [6, 6.07) is 9.48. The zero-order valence-electron chi connectivity index (χ0n) is 38.2. The molecule has 0 saturated carbocycles. The highest BCUT2D eigenvalue weighted by Crippen LogP contribution is 2.41. The molecule has 18 atom stereocenters. The van der Waals surface area contributed by atoms with E-state index < -0.39 is 102 Å². The number of nitrogens with zero attached hydrogens (tertiary/aromatic N) is 2. The fourth-order valence-electron chi connectivity index (χ4n) is 9.52. The summed E-state index contributed by atoms with van der Waals surface area (Å²) >= 11 is 0. The highest BCUT2D eigenvalue weighted by Gasteiger charge is 2.53. The van der Waals surface area contributed by atoms with Gasteiger partial charge in [0, 0.05) is 43.7 Å². The Kier molecular flexibility index (Phi) is 17.6. The summed E-state index contributed by atoms with van der Waals surface area (Å²) in [4.78, 5) is 22.2. The maximum absolute atomic E-state index is 14.4. The number of esters is 1. The fourth-order valence-corrected chi connectivity index (χ4v) is 9.52. The molecule has 0 aromatic heterocycles. The zero-order valence-corrected chi connectivity index (χ0v) is 38.2. The number of benzene rings is 1. The molecule has 3 aliphatic heterocycles. The first kappa shape index (κ1) is 50.4. The van der Waals surface area contributed by atoms with Gasteiger partial charge >= 0.3 is 5.97 Å². The van der Waals surface area contributed by atoms with Gasteiger partial charge in [0.15, 0.2) is 12.6 Å². The second-order valence-corrected chi connectivity index (χ2v) is 18.7. The van der Waals surface area contributed by atoms with E-state index in [-0.39, 0.29) is 38.0 Å². The van der Waals surface area contributed by atoms with Crippen LogP contribution in [0.4, 0.5) is 0 Å². The molecule has 60 heavy (non-hydrogen) atoms. The monoisotopic (exact) mass is 853 g/mol. The number of likely N-dealkylation sites (N-methyl/N-ethyl adjacent to an activating group) is 1. The third-order valence-corrected chi connectivity index (χ3v) is 13.4. The number of hydrogen-bond donors (Lipinski definition) is 5. The largest absolute Gasteiger partial charge is 0.459 e. The third kappa shape index (κ3) is 11.6. The smallest absolute Gasteiger partial charge is 0.311 e. The summed E-state index contributed by atoms with van der Waals surface area (Å²) in [5.41, 5.74) is -3.31. The van der Waals surface area contributed by atoms with Gasteiger partial charge in [0.1, 0.15) is 30.5 Å². The van der Waals surface area contributed by atoms with Crippen LogP contribution < -0.4 is 0 Å². The van der Waals surface area contributed by atoms with Crippen molar-refractivity contribution in [2.45, 2.75) is 186 Å². The van der Waals surface area contributed by atoms with Crippen LogP contribution in [0.5, 0.6) is 0 Å². The first-order chi connectivity index (χ1) is 28.0. The van der Waals surface area contributed by atoms with E-state index in [1.54, 1.807) is 48.5 Å². The Morgan fingerprint density at radius 2 is 1.55 bits per heavy atom. The second kappa shape index (κ2) is 20.9. The van der Waals surface area contributed by atoms with E-state index in [9.17, 15) is 30.3 Å². The number of ether oxygens (including phenoxy) is 6. The predicted octanol–water partition coefficient (Wildman–Crippen LogP) is 3.83. The summed E-state index contributed by atoms with van der Waals surface area (Å²) in [5.74, 6) is -4.01. The molecule has 344 valence electrons. The van der Waals surface area contributed by atoms with Crippen molar-refractivity contribution in [1.29, 1.82) is 0 Å². The van der Waals surface area contributed by atoms with Crippen LogP contribution in [0.1, 0.15) is 100 Å². The fraction of sp³-hybridized carbons (Fsp3) is 0.822. The molecule has 15 nitrogen and oxygen atoms in total. The van der Waals surface area contributed by atoms with E-state index in [1.165, 1.54) is 14.0 Å². The Bertz CT molecular complexity index is 1530. The van der Waals surface area contributed by atoms with Crippen molar-refractivity contribution >= 4 is 11.7 Å². The van der Waals surface area contributed by atoms with Crippen LogP contribution in [0.2, 0.25) is 0 Å². The van der Waals surface area contributed by atoms with Crippen LogP contribution in [0.3, 0.4) is 0 Å². The molecule has 0 spiro atoms. The molecule has 3 fully saturated rings. The first-order valence-electron chi connectivity index (χ1n) is 21.7. The lowest BCUT2D eigenvalue weighted by Gasteiger charge is -2.49. The van der Waals surface area contributed by atoms with Gasteiger partial charge in [0.2, 0.25) is 0 Å². The van der Waals surface area contributed by atoms with E-state index in [0.29, 0.717) is 18.6 Å². The van der Waals surface area contributed by atoms with E-state index in [2.05, 4.69) is 5.16 Å². The molecule has 3 saturated heterocycles. The molecule has 0 amide bonds. The van der Waals surface area contributed by atoms with Gasteiger partial charge in [-0.3, -0.25) is 4.79 Å². The van der Waals surface area contributed by atoms with Crippen LogP contribution in [0.15, 0.2) is 35.5 Å². The lowest BCUT2D eigenvalue weighted by molar-refractivity contribution is -0.317.